The van der Waals surface area contributed by atoms with E-state index in [1.807, 2.05) is 0 Å². The number of primary amides is 1. The molecule has 0 aliphatic heterocycles. The number of nitrogens with zero attached hydrogens (tertiary/aromatic N) is 4. The molecule has 4 N–H and O–H groups in total. The van der Waals surface area contributed by atoms with Crippen molar-refractivity contribution in [2.45, 2.75) is 355 Å². The average molecular weight is 1180 g/mol. The third-order valence-corrected chi connectivity index (χ3v) is 17.0. The largest absolute Gasteiger partial charge is 0.368 e. The fourth-order valence-electron chi connectivity index (χ4n) is 11.4. The van der Waals surface area contributed by atoms with Crippen LogP contribution < -0.4 is 11.5 Å². The number of hydrogen-bond donors (Lipinski definition) is 2. The smallest absolute Gasteiger partial charge is 0.242 e. The molecular formula is C73H140N6O5. The summed E-state index contributed by atoms with van der Waals surface area (Å²) in [6, 6.07) is 0. The maximum Gasteiger partial charge on any atom is 0.242 e. The molecule has 0 fully saturated rings. The van der Waals surface area contributed by atoms with Gasteiger partial charge < -0.3 is 31.1 Å². The lowest BCUT2D eigenvalue weighted by Gasteiger charge is -2.31. The van der Waals surface area contributed by atoms with Gasteiger partial charge in [-0.1, -0.05) is 283 Å². The molecule has 0 radical (unpaired) electrons. The Hall–Kier alpha value is -3.21. The van der Waals surface area contributed by atoms with E-state index >= 15 is 0 Å². The summed E-state index contributed by atoms with van der Waals surface area (Å²) in [6.45, 7) is 10.8. The lowest BCUT2D eigenvalue weighted by molar-refractivity contribution is -0.146. The van der Waals surface area contributed by atoms with Gasteiger partial charge >= 0.3 is 0 Å². The van der Waals surface area contributed by atoms with Crippen molar-refractivity contribution in [3.05, 3.63) is 24.3 Å². The maximum absolute atomic E-state index is 14.8. The minimum Gasteiger partial charge on any atom is -0.368 e. The van der Waals surface area contributed by atoms with Crippen LogP contribution in [-0.4, -0.2) is 108 Å². The van der Waals surface area contributed by atoms with Crippen molar-refractivity contribution >= 4 is 29.5 Å². The molecule has 0 unspecified atom stereocenters. The van der Waals surface area contributed by atoms with Crippen LogP contribution in [0.1, 0.15) is 355 Å². The van der Waals surface area contributed by atoms with Gasteiger partial charge in [-0.3, -0.25) is 24.0 Å². The van der Waals surface area contributed by atoms with Crippen LogP contribution in [-0.2, 0) is 24.0 Å². The lowest BCUT2D eigenvalue weighted by Crippen LogP contribution is -2.50. The van der Waals surface area contributed by atoms with E-state index in [1.54, 1.807) is 19.6 Å². The Morgan fingerprint density at radius 1 is 0.262 bits per heavy atom. The van der Waals surface area contributed by atoms with Gasteiger partial charge in [-0.25, -0.2) is 0 Å². The number of unbranched alkanes of at least 4 members (excludes halogenated alkanes) is 43. The molecule has 0 aromatic rings. The van der Waals surface area contributed by atoms with Gasteiger partial charge in [0.15, 0.2) is 0 Å². The second kappa shape index (κ2) is 64.3. The Balaban J connectivity index is 6.08. The van der Waals surface area contributed by atoms with Crippen LogP contribution in [0.2, 0.25) is 0 Å². The van der Waals surface area contributed by atoms with E-state index in [0.29, 0.717) is 45.6 Å². The van der Waals surface area contributed by atoms with Crippen molar-refractivity contribution in [1.82, 2.24) is 19.6 Å². The van der Waals surface area contributed by atoms with Gasteiger partial charge in [-0.05, 0) is 96.4 Å². The highest BCUT2D eigenvalue weighted by atomic mass is 16.2. The van der Waals surface area contributed by atoms with Gasteiger partial charge in [0.05, 0.1) is 26.2 Å². The summed E-state index contributed by atoms with van der Waals surface area (Å²) in [4.78, 5) is 76.5. The summed E-state index contributed by atoms with van der Waals surface area (Å²) >= 11 is 0. The minimum atomic E-state index is -0.562. The number of carbonyl (C=O) groups excluding carboxylic acids is 5. The quantitative estimate of drug-likeness (QED) is 0.0457. The molecule has 11 heteroatoms. The van der Waals surface area contributed by atoms with E-state index < -0.39 is 5.91 Å². The number of rotatable bonds is 66. The molecule has 0 bridgehead atoms. The molecule has 5 amide bonds. The average Bonchev–Trinajstić information content (AvgIpc) is 3.67. The molecule has 0 aliphatic carbocycles. The zero-order valence-corrected chi connectivity index (χ0v) is 56.2. The van der Waals surface area contributed by atoms with Crippen LogP contribution in [0.5, 0.6) is 0 Å². The lowest BCUT2D eigenvalue weighted by atomic mass is 10.1. The standard InChI is InChI=1S/C73H140N6O5/c1-5-9-13-17-21-25-29-31-33-35-37-39-43-45-49-55-61-76(65-69(75)80)71(82)67-78(63-57-51-47-42-28-24-20-16-12-8-4)73(84)68-79(64-58-52-48-44-40-38-36-34-32-30-26-22-18-14-10-6-2)72(83)66-77(70(81)59-53-54-60-74)62-56-50-46-41-27-23-19-15-11-7-3/h31-34H,5-30,35-68,74H2,1-4H3,(H2,75,80)/b33-31-,34-32-. The highest BCUT2D eigenvalue weighted by Crippen LogP contribution is 2.17. The van der Waals surface area contributed by atoms with Crippen molar-refractivity contribution in [2.24, 2.45) is 11.5 Å². The highest BCUT2D eigenvalue weighted by Gasteiger charge is 2.27. The van der Waals surface area contributed by atoms with Crippen molar-refractivity contribution < 1.29 is 24.0 Å². The number of amides is 5. The number of allylic oxidation sites excluding steroid dienone is 4. The van der Waals surface area contributed by atoms with Crippen LogP contribution in [0, 0.1) is 0 Å². The molecule has 0 aromatic heterocycles. The number of carbonyl (C=O) groups is 5. The first-order chi connectivity index (χ1) is 41.1. The minimum absolute atomic E-state index is 0.0271. The van der Waals surface area contributed by atoms with E-state index in [9.17, 15) is 24.0 Å². The summed E-state index contributed by atoms with van der Waals surface area (Å²) in [7, 11) is 0. The van der Waals surface area contributed by atoms with Gasteiger partial charge in [0.1, 0.15) is 0 Å². The predicted molar refractivity (Wildman–Crippen MR) is 361 cm³/mol. The second-order valence-electron chi connectivity index (χ2n) is 25.2. The topological polar surface area (TPSA) is 150 Å². The van der Waals surface area contributed by atoms with E-state index in [4.69, 9.17) is 11.5 Å². The molecule has 492 valence electrons. The molecule has 0 rings (SSSR count). The van der Waals surface area contributed by atoms with Crippen LogP contribution in [0.15, 0.2) is 24.3 Å². The van der Waals surface area contributed by atoms with Crippen molar-refractivity contribution in [1.29, 1.82) is 0 Å². The van der Waals surface area contributed by atoms with E-state index in [-0.39, 0.29) is 49.8 Å². The first kappa shape index (κ1) is 80.8. The first-order valence-electron chi connectivity index (χ1n) is 36.5. The zero-order valence-electron chi connectivity index (χ0n) is 56.2. The number of hydrogen-bond acceptors (Lipinski definition) is 6. The molecular weight excluding hydrogens is 1040 g/mol. The Labute approximate surface area is 520 Å². The summed E-state index contributed by atoms with van der Waals surface area (Å²) in [5.41, 5.74) is 11.6. The summed E-state index contributed by atoms with van der Waals surface area (Å²) < 4.78 is 0. The van der Waals surface area contributed by atoms with E-state index in [0.717, 1.165) is 116 Å². The fourth-order valence-corrected chi connectivity index (χ4v) is 11.4. The van der Waals surface area contributed by atoms with E-state index in [2.05, 4.69) is 52.0 Å². The summed E-state index contributed by atoms with van der Waals surface area (Å²) in [5, 5.41) is 0. The van der Waals surface area contributed by atoms with Gasteiger partial charge in [-0.2, -0.15) is 0 Å². The molecule has 0 heterocycles. The molecule has 84 heavy (non-hydrogen) atoms. The van der Waals surface area contributed by atoms with Crippen molar-refractivity contribution in [3.63, 3.8) is 0 Å². The highest BCUT2D eigenvalue weighted by molar-refractivity contribution is 5.91. The fraction of sp³-hybridized carbons (Fsp3) is 0.877. The summed E-state index contributed by atoms with van der Waals surface area (Å²) in [6.07, 6.45) is 67.8. The maximum atomic E-state index is 14.8. The van der Waals surface area contributed by atoms with Crippen LogP contribution in [0.3, 0.4) is 0 Å². The molecule has 0 spiro atoms. The van der Waals surface area contributed by atoms with Crippen LogP contribution >= 0.6 is 0 Å². The van der Waals surface area contributed by atoms with Gasteiger partial charge in [0.2, 0.25) is 29.5 Å². The van der Waals surface area contributed by atoms with Gasteiger partial charge in [0, 0.05) is 32.6 Å². The van der Waals surface area contributed by atoms with Crippen LogP contribution in [0.4, 0.5) is 0 Å². The van der Waals surface area contributed by atoms with Gasteiger partial charge in [0.25, 0.3) is 0 Å². The molecule has 0 atom stereocenters. The molecule has 0 aliphatic rings. The van der Waals surface area contributed by atoms with Crippen molar-refractivity contribution in [3.8, 4) is 0 Å². The Kier molecular flexibility index (Phi) is 61.8. The van der Waals surface area contributed by atoms with E-state index in [1.165, 1.54) is 199 Å². The third kappa shape index (κ3) is 54.2. The summed E-state index contributed by atoms with van der Waals surface area (Å²) in [5.74, 6) is -1.34. The molecule has 0 saturated heterocycles. The SMILES string of the molecule is CCCCCCCC/C=C\CCCCCCCCN(CC(N)=O)C(=O)CN(CCCCCCCCCCCC)C(=O)CN(CCCCCCCC/C=C\CCCCCCCC)C(=O)CN(CCCCCCCCCCCC)C(=O)CCCCN. The van der Waals surface area contributed by atoms with Crippen LogP contribution in [0.25, 0.3) is 0 Å². The monoisotopic (exact) mass is 1180 g/mol. The number of nitrogens with two attached hydrogens (primary N) is 2. The normalized spacial score (nSPS) is 11.6. The van der Waals surface area contributed by atoms with Crippen molar-refractivity contribution in [2.75, 3.05) is 58.9 Å². The predicted octanol–water partition coefficient (Wildman–Crippen LogP) is 18.8. The second-order valence-corrected chi connectivity index (χ2v) is 25.2. The molecule has 0 saturated carbocycles. The molecule has 0 aromatic carbocycles. The Bertz CT molecular complexity index is 1550. The Morgan fingerprint density at radius 3 is 0.714 bits per heavy atom. The van der Waals surface area contributed by atoms with Gasteiger partial charge in [-0.15, -0.1) is 0 Å². The third-order valence-electron chi connectivity index (χ3n) is 17.0. The zero-order chi connectivity index (χ0) is 61.5. The molecule has 11 nitrogen and oxygen atoms in total. The first-order valence-corrected chi connectivity index (χ1v) is 36.5. The Morgan fingerprint density at radius 2 is 0.476 bits per heavy atom.